The molecule has 1 aromatic rings. The van der Waals surface area contributed by atoms with Crippen LogP contribution in [0.25, 0.3) is 0 Å². The molecular weight excluding hydrogens is 242 g/mol. The summed E-state index contributed by atoms with van der Waals surface area (Å²) in [5.74, 6) is -0.194. The zero-order valence-electron chi connectivity index (χ0n) is 11.9. The van der Waals surface area contributed by atoms with Crippen LogP contribution in [0.5, 0.6) is 0 Å². The van der Waals surface area contributed by atoms with Gasteiger partial charge in [0.25, 0.3) is 5.91 Å². The van der Waals surface area contributed by atoms with Crippen molar-refractivity contribution in [2.24, 2.45) is 5.92 Å². The number of rotatable bonds is 5. The van der Waals surface area contributed by atoms with E-state index < -0.39 is 6.04 Å². The first-order chi connectivity index (χ1) is 8.93. The fraction of sp³-hybridized carbons (Fsp3) is 0.500. The van der Waals surface area contributed by atoms with Crippen LogP contribution >= 0.6 is 0 Å². The van der Waals surface area contributed by atoms with E-state index >= 15 is 0 Å². The van der Waals surface area contributed by atoms with Crippen molar-refractivity contribution < 1.29 is 9.59 Å². The number of carbonyl (C=O) groups is 2. The highest BCUT2D eigenvalue weighted by atomic mass is 16.2. The quantitative estimate of drug-likeness (QED) is 0.840. The number of pyridine rings is 1. The molecule has 0 spiro atoms. The summed E-state index contributed by atoms with van der Waals surface area (Å²) < 4.78 is 0. The molecule has 104 valence electrons. The highest BCUT2D eigenvalue weighted by molar-refractivity contribution is 5.96. The molecule has 0 fully saturated rings. The predicted octanol–water partition coefficient (Wildman–Crippen LogP) is 1.28. The monoisotopic (exact) mass is 263 g/mol. The van der Waals surface area contributed by atoms with Crippen LogP contribution in [0.15, 0.2) is 18.2 Å². The SMILES string of the molecule is CNC(=O)C(CC(C)C)NC(=O)c1cccc(C)n1. The van der Waals surface area contributed by atoms with Gasteiger partial charge in [-0.2, -0.15) is 0 Å². The molecule has 1 heterocycles. The number of hydrogen-bond donors (Lipinski definition) is 2. The van der Waals surface area contributed by atoms with Crippen molar-refractivity contribution in [1.29, 1.82) is 0 Å². The summed E-state index contributed by atoms with van der Waals surface area (Å²) in [7, 11) is 1.56. The van der Waals surface area contributed by atoms with Gasteiger partial charge in [0.2, 0.25) is 5.91 Å². The Morgan fingerprint density at radius 1 is 1.32 bits per heavy atom. The molecule has 1 atom stereocenters. The van der Waals surface area contributed by atoms with E-state index in [-0.39, 0.29) is 11.8 Å². The summed E-state index contributed by atoms with van der Waals surface area (Å²) in [6, 6.07) is 4.70. The van der Waals surface area contributed by atoms with Gasteiger partial charge in [-0.15, -0.1) is 0 Å². The van der Waals surface area contributed by atoms with Crippen LogP contribution < -0.4 is 10.6 Å². The summed E-state index contributed by atoms with van der Waals surface area (Å²) in [6.07, 6.45) is 0.594. The van der Waals surface area contributed by atoms with Crippen molar-refractivity contribution in [3.8, 4) is 0 Å². The lowest BCUT2D eigenvalue weighted by molar-refractivity contribution is -0.122. The minimum atomic E-state index is -0.528. The molecule has 0 radical (unpaired) electrons. The lowest BCUT2D eigenvalue weighted by Crippen LogP contribution is -2.46. The van der Waals surface area contributed by atoms with Gasteiger partial charge in [0.15, 0.2) is 0 Å². The molecule has 0 saturated carbocycles. The second-order valence-electron chi connectivity index (χ2n) is 4.93. The Morgan fingerprint density at radius 2 is 2.00 bits per heavy atom. The molecule has 0 aliphatic heterocycles. The number of amides is 2. The fourth-order valence-electron chi connectivity index (χ4n) is 1.78. The molecule has 5 nitrogen and oxygen atoms in total. The molecule has 0 bridgehead atoms. The van der Waals surface area contributed by atoms with Crippen molar-refractivity contribution in [3.05, 3.63) is 29.6 Å². The zero-order chi connectivity index (χ0) is 14.4. The molecule has 0 aliphatic rings. The Labute approximate surface area is 113 Å². The third kappa shape index (κ3) is 4.69. The van der Waals surface area contributed by atoms with Gasteiger partial charge < -0.3 is 10.6 Å². The zero-order valence-corrected chi connectivity index (χ0v) is 11.9. The molecule has 5 heteroatoms. The van der Waals surface area contributed by atoms with Crippen molar-refractivity contribution >= 4 is 11.8 Å². The highest BCUT2D eigenvalue weighted by Crippen LogP contribution is 2.06. The number of aromatic nitrogens is 1. The van der Waals surface area contributed by atoms with E-state index in [1.807, 2.05) is 26.8 Å². The number of carbonyl (C=O) groups excluding carboxylic acids is 2. The fourth-order valence-corrected chi connectivity index (χ4v) is 1.78. The van der Waals surface area contributed by atoms with E-state index in [4.69, 9.17) is 0 Å². The minimum Gasteiger partial charge on any atom is -0.357 e. The van der Waals surface area contributed by atoms with Gasteiger partial charge >= 0.3 is 0 Å². The number of aryl methyl sites for hydroxylation is 1. The molecule has 0 saturated heterocycles. The first-order valence-electron chi connectivity index (χ1n) is 6.40. The first-order valence-corrected chi connectivity index (χ1v) is 6.40. The normalized spacial score (nSPS) is 12.1. The van der Waals surface area contributed by atoms with Gasteiger partial charge in [-0.1, -0.05) is 19.9 Å². The van der Waals surface area contributed by atoms with Crippen molar-refractivity contribution in [2.75, 3.05) is 7.05 Å². The van der Waals surface area contributed by atoms with E-state index in [9.17, 15) is 9.59 Å². The number of hydrogen-bond acceptors (Lipinski definition) is 3. The molecule has 1 aromatic heterocycles. The third-order valence-corrected chi connectivity index (χ3v) is 2.70. The van der Waals surface area contributed by atoms with Crippen LogP contribution in [0, 0.1) is 12.8 Å². The summed E-state index contributed by atoms with van der Waals surface area (Å²) in [5, 5.41) is 5.29. The van der Waals surface area contributed by atoms with E-state index in [1.165, 1.54) is 0 Å². The number of nitrogens with one attached hydrogen (secondary N) is 2. The summed E-state index contributed by atoms with van der Waals surface area (Å²) in [6.45, 7) is 5.83. The van der Waals surface area contributed by atoms with Crippen LogP contribution in [0.1, 0.15) is 36.5 Å². The minimum absolute atomic E-state index is 0.185. The van der Waals surface area contributed by atoms with E-state index in [1.54, 1.807) is 19.2 Å². The van der Waals surface area contributed by atoms with Gasteiger partial charge in [-0.05, 0) is 31.4 Å². The van der Waals surface area contributed by atoms with Crippen LogP contribution in [0.2, 0.25) is 0 Å². The molecule has 1 unspecified atom stereocenters. The standard InChI is InChI=1S/C14H21N3O2/c1-9(2)8-12(13(18)15-4)17-14(19)11-7-5-6-10(3)16-11/h5-7,9,12H,8H2,1-4H3,(H,15,18)(H,17,19). The topological polar surface area (TPSA) is 71.1 Å². The molecule has 19 heavy (non-hydrogen) atoms. The van der Waals surface area contributed by atoms with E-state index in [2.05, 4.69) is 15.6 Å². The largest absolute Gasteiger partial charge is 0.357 e. The maximum absolute atomic E-state index is 12.1. The smallest absolute Gasteiger partial charge is 0.270 e. The Kier molecular flexibility index (Phi) is 5.48. The highest BCUT2D eigenvalue weighted by Gasteiger charge is 2.21. The predicted molar refractivity (Wildman–Crippen MR) is 73.7 cm³/mol. The maximum atomic E-state index is 12.1. The lowest BCUT2D eigenvalue weighted by Gasteiger charge is -2.18. The molecule has 0 aliphatic carbocycles. The average molecular weight is 263 g/mol. The van der Waals surface area contributed by atoms with Crippen molar-refractivity contribution in [2.45, 2.75) is 33.2 Å². The van der Waals surface area contributed by atoms with Gasteiger partial charge in [0.05, 0.1) is 0 Å². The van der Waals surface area contributed by atoms with Gasteiger partial charge in [0, 0.05) is 12.7 Å². The van der Waals surface area contributed by atoms with E-state index in [0.29, 0.717) is 18.0 Å². The summed E-state index contributed by atoms with van der Waals surface area (Å²) >= 11 is 0. The van der Waals surface area contributed by atoms with Crippen molar-refractivity contribution in [3.63, 3.8) is 0 Å². The summed E-state index contributed by atoms with van der Waals surface area (Å²) in [5.41, 5.74) is 1.10. The summed E-state index contributed by atoms with van der Waals surface area (Å²) in [4.78, 5) is 27.9. The van der Waals surface area contributed by atoms with Crippen LogP contribution in [-0.2, 0) is 4.79 Å². The molecule has 2 amide bonds. The Hall–Kier alpha value is -1.91. The van der Waals surface area contributed by atoms with Gasteiger partial charge in [-0.25, -0.2) is 4.98 Å². The molecular formula is C14H21N3O2. The molecule has 0 aromatic carbocycles. The second-order valence-corrected chi connectivity index (χ2v) is 4.93. The first kappa shape index (κ1) is 15.1. The molecule has 2 N–H and O–H groups in total. The van der Waals surface area contributed by atoms with Gasteiger partial charge in [-0.3, -0.25) is 9.59 Å². The average Bonchev–Trinajstić information content (AvgIpc) is 2.36. The number of nitrogens with zero attached hydrogens (tertiary/aromatic N) is 1. The number of likely N-dealkylation sites (N-methyl/N-ethyl adjacent to an activating group) is 1. The second kappa shape index (κ2) is 6.87. The Bertz CT molecular complexity index is 458. The molecule has 1 rings (SSSR count). The van der Waals surface area contributed by atoms with Crippen LogP contribution in [-0.4, -0.2) is 29.9 Å². The van der Waals surface area contributed by atoms with Crippen LogP contribution in [0.4, 0.5) is 0 Å². The Balaban J connectivity index is 2.78. The van der Waals surface area contributed by atoms with E-state index in [0.717, 1.165) is 5.69 Å². The lowest BCUT2D eigenvalue weighted by atomic mass is 10.0. The third-order valence-electron chi connectivity index (χ3n) is 2.70. The van der Waals surface area contributed by atoms with Gasteiger partial charge in [0.1, 0.15) is 11.7 Å². The van der Waals surface area contributed by atoms with Crippen LogP contribution in [0.3, 0.4) is 0 Å². The maximum Gasteiger partial charge on any atom is 0.270 e. The van der Waals surface area contributed by atoms with Crippen molar-refractivity contribution in [1.82, 2.24) is 15.6 Å². The Morgan fingerprint density at radius 3 is 2.53 bits per heavy atom.